The molecular weight excluding hydrogens is 250 g/mol. The van der Waals surface area contributed by atoms with Gasteiger partial charge in [-0.2, -0.15) is 0 Å². The summed E-state index contributed by atoms with van der Waals surface area (Å²) >= 11 is 0. The molecule has 2 N–H and O–H groups in total. The first kappa shape index (κ1) is 16.3. The van der Waals surface area contributed by atoms with E-state index in [1.54, 1.807) is 0 Å². The van der Waals surface area contributed by atoms with Gasteiger partial charge in [-0.1, -0.05) is 26.2 Å². The first-order chi connectivity index (χ1) is 9.74. The molecule has 2 aliphatic rings. The van der Waals surface area contributed by atoms with E-state index in [0.717, 1.165) is 31.8 Å². The Bertz CT molecular complexity index is 270. The monoisotopic (exact) mass is 283 g/mol. The third-order valence-corrected chi connectivity index (χ3v) is 5.43. The summed E-state index contributed by atoms with van der Waals surface area (Å²) in [5, 5.41) is 19.6. The van der Waals surface area contributed by atoms with E-state index in [4.69, 9.17) is 0 Å². The van der Waals surface area contributed by atoms with Gasteiger partial charge in [0.2, 0.25) is 0 Å². The van der Waals surface area contributed by atoms with Crippen LogP contribution in [-0.2, 0) is 0 Å². The van der Waals surface area contributed by atoms with E-state index in [1.165, 1.54) is 44.9 Å². The summed E-state index contributed by atoms with van der Waals surface area (Å²) in [6, 6.07) is 0.549. The Morgan fingerprint density at radius 1 is 1.10 bits per heavy atom. The zero-order valence-corrected chi connectivity index (χ0v) is 13.1. The lowest BCUT2D eigenvalue weighted by atomic mass is 9.77. The smallest absolute Gasteiger partial charge is 0.0580 e. The molecule has 0 amide bonds. The second kappa shape index (κ2) is 8.35. The molecule has 1 saturated heterocycles. The number of aliphatic hydroxyl groups is 2. The van der Waals surface area contributed by atoms with Crippen molar-refractivity contribution in [3.63, 3.8) is 0 Å². The molecule has 0 aromatic heterocycles. The Kier molecular flexibility index (Phi) is 6.79. The second-order valence-corrected chi connectivity index (χ2v) is 6.95. The van der Waals surface area contributed by atoms with Crippen molar-refractivity contribution in [1.82, 2.24) is 4.90 Å². The van der Waals surface area contributed by atoms with Crippen LogP contribution in [0.2, 0.25) is 0 Å². The maximum atomic E-state index is 10.3. The number of hydrogen-bond acceptors (Lipinski definition) is 3. The molecule has 2 fully saturated rings. The van der Waals surface area contributed by atoms with Crippen LogP contribution < -0.4 is 0 Å². The van der Waals surface area contributed by atoms with E-state index >= 15 is 0 Å². The molecule has 1 aliphatic carbocycles. The van der Waals surface area contributed by atoms with Gasteiger partial charge in [0.25, 0.3) is 0 Å². The molecule has 0 aromatic rings. The van der Waals surface area contributed by atoms with Crippen LogP contribution in [0.15, 0.2) is 0 Å². The third-order valence-electron chi connectivity index (χ3n) is 5.43. The lowest BCUT2D eigenvalue weighted by Crippen LogP contribution is -2.46. The Morgan fingerprint density at radius 3 is 2.70 bits per heavy atom. The van der Waals surface area contributed by atoms with Gasteiger partial charge in [0.15, 0.2) is 0 Å². The lowest BCUT2D eigenvalue weighted by molar-refractivity contribution is 0.00725. The van der Waals surface area contributed by atoms with Crippen molar-refractivity contribution in [2.75, 3.05) is 19.7 Å². The van der Waals surface area contributed by atoms with Crippen LogP contribution in [0, 0.1) is 11.8 Å². The number of rotatable bonds is 6. The number of piperidine rings is 1. The van der Waals surface area contributed by atoms with Crippen LogP contribution in [0.25, 0.3) is 0 Å². The van der Waals surface area contributed by atoms with Crippen molar-refractivity contribution in [3.8, 4) is 0 Å². The predicted octanol–water partition coefficient (Wildman–Crippen LogP) is 2.80. The SMILES string of the molecule is CCCC1CCC(O)C(CN2CCCCC2CCO)C1. The van der Waals surface area contributed by atoms with Crippen LogP contribution in [0.3, 0.4) is 0 Å². The van der Waals surface area contributed by atoms with E-state index < -0.39 is 0 Å². The molecular formula is C17H33NO2. The predicted molar refractivity (Wildman–Crippen MR) is 82.7 cm³/mol. The fourth-order valence-corrected chi connectivity index (χ4v) is 4.29. The van der Waals surface area contributed by atoms with Gasteiger partial charge in [0.1, 0.15) is 0 Å². The Hall–Kier alpha value is -0.120. The van der Waals surface area contributed by atoms with Gasteiger partial charge in [-0.3, -0.25) is 4.90 Å². The fraction of sp³-hybridized carbons (Fsp3) is 1.00. The summed E-state index contributed by atoms with van der Waals surface area (Å²) < 4.78 is 0. The molecule has 118 valence electrons. The average molecular weight is 283 g/mol. The molecule has 1 saturated carbocycles. The van der Waals surface area contributed by atoms with E-state index in [0.29, 0.717) is 18.6 Å². The van der Waals surface area contributed by atoms with Crippen LogP contribution in [-0.4, -0.2) is 47.0 Å². The highest BCUT2D eigenvalue weighted by atomic mass is 16.3. The normalized spacial score (nSPS) is 36.1. The maximum absolute atomic E-state index is 10.3. The molecule has 3 heteroatoms. The van der Waals surface area contributed by atoms with Crippen molar-refractivity contribution in [1.29, 1.82) is 0 Å². The summed E-state index contributed by atoms with van der Waals surface area (Å²) in [6.07, 6.45) is 10.6. The minimum atomic E-state index is -0.0974. The fourth-order valence-electron chi connectivity index (χ4n) is 4.29. The van der Waals surface area contributed by atoms with Gasteiger partial charge in [0, 0.05) is 19.2 Å². The molecule has 3 nitrogen and oxygen atoms in total. The molecule has 4 unspecified atom stereocenters. The van der Waals surface area contributed by atoms with Crippen LogP contribution in [0.1, 0.15) is 64.7 Å². The van der Waals surface area contributed by atoms with Crippen molar-refractivity contribution in [2.24, 2.45) is 11.8 Å². The highest BCUT2D eigenvalue weighted by molar-refractivity contribution is 4.85. The Labute approximate surface area is 124 Å². The van der Waals surface area contributed by atoms with E-state index in [1.807, 2.05) is 0 Å². The number of nitrogens with zero attached hydrogens (tertiary/aromatic N) is 1. The summed E-state index contributed by atoms with van der Waals surface area (Å²) in [6.45, 7) is 4.77. The first-order valence-corrected chi connectivity index (χ1v) is 8.77. The quantitative estimate of drug-likeness (QED) is 0.788. The molecule has 1 heterocycles. The molecule has 0 spiro atoms. The molecule has 2 rings (SSSR count). The van der Waals surface area contributed by atoms with Gasteiger partial charge in [-0.15, -0.1) is 0 Å². The van der Waals surface area contributed by atoms with Crippen LogP contribution in [0.5, 0.6) is 0 Å². The summed E-state index contributed by atoms with van der Waals surface area (Å²) in [4.78, 5) is 2.56. The van der Waals surface area contributed by atoms with Gasteiger partial charge in [0.05, 0.1) is 6.10 Å². The minimum absolute atomic E-state index is 0.0974. The second-order valence-electron chi connectivity index (χ2n) is 6.95. The largest absolute Gasteiger partial charge is 0.396 e. The van der Waals surface area contributed by atoms with Gasteiger partial charge >= 0.3 is 0 Å². The lowest BCUT2D eigenvalue weighted by Gasteiger charge is -2.41. The van der Waals surface area contributed by atoms with E-state index in [-0.39, 0.29) is 6.10 Å². The maximum Gasteiger partial charge on any atom is 0.0580 e. The number of likely N-dealkylation sites (tertiary alicyclic amines) is 1. The topological polar surface area (TPSA) is 43.7 Å². The summed E-state index contributed by atoms with van der Waals surface area (Å²) in [7, 11) is 0. The van der Waals surface area contributed by atoms with Gasteiger partial charge in [-0.25, -0.2) is 0 Å². The number of hydrogen-bond donors (Lipinski definition) is 2. The zero-order valence-electron chi connectivity index (χ0n) is 13.1. The molecule has 20 heavy (non-hydrogen) atoms. The third kappa shape index (κ3) is 4.44. The Morgan fingerprint density at radius 2 is 1.95 bits per heavy atom. The summed E-state index contributed by atoms with van der Waals surface area (Å²) in [5.74, 6) is 1.29. The van der Waals surface area contributed by atoms with Crippen molar-refractivity contribution >= 4 is 0 Å². The van der Waals surface area contributed by atoms with Crippen molar-refractivity contribution in [2.45, 2.75) is 76.9 Å². The standard InChI is InChI=1S/C17H33NO2/c1-2-5-14-7-8-17(20)15(12-14)13-18-10-4-3-6-16(18)9-11-19/h14-17,19-20H,2-13H2,1H3. The Balaban J connectivity index is 1.88. The first-order valence-electron chi connectivity index (χ1n) is 8.77. The van der Waals surface area contributed by atoms with Crippen LogP contribution >= 0.6 is 0 Å². The molecule has 1 aliphatic heterocycles. The van der Waals surface area contributed by atoms with Gasteiger partial charge in [-0.05, 0) is 56.9 Å². The summed E-state index contributed by atoms with van der Waals surface area (Å²) in [5.41, 5.74) is 0. The van der Waals surface area contributed by atoms with Crippen LogP contribution in [0.4, 0.5) is 0 Å². The molecule has 0 radical (unpaired) electrons. The van der Waals surface area contributed by atoms with E-state index in [9.17, 15) is 10.2 Å². The van der Waals surface area contributed by atoms with Gasteiger partial charge < -0.3 is 10.2 Å². The molecule has 0 aromatic carbocycles. The molecule has 0 bridgehead atoms. The zero-order chi connectivity index (χ0) is 14.4. The number of aliphatic hydroxyl groups excluding tert-OH is 2. The van der Waals surface area contributed by atoms with Crippen molar-refractivity contribution in [3.05, 3.63) is 0 Å². The van der Waals surface area contributed by atoms with Crippen molar-refractivity contribution < 1.29 is 10.2 Å². The van der Waals surface area contributed by atoms with E-state index in [2.05, 4.69) is 11.8 Å². The highest BCUT2D eigenvalue weighted by Gasteiger charge is 2.32. The molecule has 4 atom stereocenters. The minimum Gasteiger partial charge on any atom is -0.396 e. The average Bonchev–Trinajstić information content (AvgIpc) is 2.45. The highest BCUT2D eigenvalue weighted by Crippen LogP contribution is 2.34.